The van der Waals surface area contributed by atoms with E-state index in [0.29, 0.717) is 0 Å². The fraction of sp³-hybridized carbons (Fsp3) is 0.235. The lowest BCUT2D eigenvalue weighted by Crippen LogP contribution is -2.39. The molecule has 1 unspecified atom stereocenters. The molecule has 3 nitrogen and oxygen atoms in total. The van der Waals surface area contributed by atoms with Gasteiger partial charge in [-0.05, 0) is 43.7 Å². The van der Waals surface area contributed by atoms with Crippen molar-refractivity contribution in [2.45, 2.75) is 25.9 Å². The molecule has 0 heterocycles. The Morgan fingerprint density at radius 1 is 1.05 bits per heavy atom. The summed E-state index contributed by atoms with van der Waals surface area (Å²) in [6.07, 6.45) is 0. The average molecular weight is 286 g/mol. The molecule has 110 valence electrons. The highest BCUT2D eigenvalue weighted by Crippen LogP contribution is 2.14. The normalized spacial score (nSPS) is 13.5. The van der Waals surface area contributed by atoms with Crippen molar-refractivity contribution in [2.75, 3.05) is 5.32 Å². The Kier molecular flexibility index (Phi) is 5.06. The molecular weight excluding hydrogens is 267 g/mol. The van der Waals surface area contributed by atoms with Crippen molar-refractivity contribution in [3.05, 3.63) is 66.0 Å². The van der Waals surface area contributed by atoms with E-state index in [-0.39, 0.29) is 23.8 Å². The Balaban J connectivity index is 1.94. The third-order valence-electron chi connectivity index (χ3n) is 3.28. The van der Waals surface area contributed by atoms with Gasteiger partial charge in [0.2, 0.25) is 5.91 Å². The molecule has 2 rings (SSSR count). The van der Waals surface area contributed by atoms with Crippen LogP contribution in [0.1, 0.15) is 25.5 Å². The van der Waals surface area contributed by atoms with E-state index in [9.17, 15) is 9.18 Å². The summed E-state index contributed by atoms with van der Waals surface area (Å²) in [5.41, 5.74) is 1.57. The van der Waals surface area contributed by atoms with Gasteiger partial charge in [-0.1, -0.05) is 30.3 Å². The summed E-state index contributed by atoms with van der Waals surface area (Å²) in [5, 5.41) is 6.00. The van der Waals surface area contributed by atoms with Crippen molar-refractivity contribution in [1.29, 1.82) is 0 Å². The maximum Gasteiger partial charge on any atom is 0.241 e. The number of halogens is 1. The number of benzene rings is 2. The molecule has 1 amide bonds. The SMILES string of the molecule is CC(N[C@@H](C)c1cccc(F)c1)C(=O)Nc1ccccc1. The molecule has 2 aromatic carbocycles. The first-order valence-corrected chi connectivity index (χ1v) is 6.93. The van der Waals surface area contributed by atoms with Gasteiger partial charge in [0.25, 0.3) is 0 Å². The molecule has 0 aliphatic rings. The summed E-state index contributed by atoms with van der Waals surface area (Å²) < 4.78 is 13.2. The summed E-state index contributed by atoms with van der Waals surface area (Å²) in [5.74, 6) is -0.396. The van der Waals surface area contributed by atoms with Gasteiger partial charge in [0.1, 0.15) is 5.82 Å². The highest BCUT2D eigenvalue weighted by atomic mass is 19.1. The van der Waals surface area contributed by atoms with E-state index >= 15 is 0 Å². The van der Waals surface area contributed by atoms with Crippen LogP contribution in [-0.2, 0) is 4.79 Å². The molecule has 0 aromatic heterocycles. The van der Waals surface area contributed by atoms with E-state index in [1.807, 2.05) is 43.3 Å². The van der Waals surface area contributed by atoms with Crippen LogP contribution in [0.2, 0.25) is 0 Å². The summed E-state index contributed by atoms with van der Waals surface area (Å²) >= 11 is 0. The molecule has 2 N–H and O–H groups in total. The summed E-state index contributed by atoms with van der Waals surface area (Å²) in [6, 6.07) is 15.2. The first-order valence-electron chi connectivity index (χ1n) is 6.93. The number of nitrogens with one attached hydrogen (secondary N) is 2. The maximum absolute atomic E-state index is 13.2. The maximum atomic E-state index is 13.2. The van der Waals surface area contributed by atoms with Gasteiger partial charge in [0, 0.05) is 11.7 Å². The van der Waals surface area contributed by atoms with E-state index in [4.69, 9.17) is 0 Å². The molecular formula is C17H19FN2O. The third kappa shape index (κ3) is 4.39. The fourth-order valence-electron chi connectivity index (χ4n) is 2.09. The molecule has 2 atom stereocenters. The molecule has 0 aliphatic carbocycles. The largest absolute Gasteiger partial charge is 0.325 e. The molecule has 0 radical (unpaired) electrons. The summed E-state index contributed by atoms with van der Waals surface area (Å²) in [4.78, 5) is 12.1. The lowest BCUT2D eigenvalue weighted by atomic mass is 10.1. The average Bonchev–Trinajstić information content (AvgIpc) is 2.48. The van der Waals surface area contributed by atoms with Gasteiger partial charge < -0.3 is 5.32 Å². The number of anilines is 1. The van der Waals surface area contributed by atoms with E-state index in [1.165, 1.54) is 12.1 Å². The van der Waals surface area contributed by atoms with Crippen LogP contribution in [0.4, 0.5) is 10.1 Å². The van der Waals surface area contributed by atoms with Crippen LogP contribution in [0.5, 0.6) is 0 Å². The number of rotatable bonds is 5. The quantitative estimate of drug-likeness (QED) is 0.883. The number of hydrogen-bond acceptors (Lipinski definition) is 2. The van der Waals surface area contributed by atoms with E-state index in [1.54, 1.807) is 13.0 Å². The van der Waals surface area contributed by atoms with Crippen molar-refractivity contribution in [3.8, 4) is 0 Å². The van der Waals surface area contributed by atoms with Gasteiger partial charge in [0.15, 0.2) is 0 Å². The first-order chi connectivity index (χ1) is 10.1. The van der Waals surface area contributed by atoms with Crippen LogP contribution < -0.4 is 10.6 Å². The number of carbonyl (C=O) groups is 1. The predicted octanol–water partition coefficient (Wildman–Crippen LogP) is 3.50. The number of carbonyl (C=O) groups excluding carboxylic acids is 1. The van der Waals surface area contributed by atoms with E-state index in [2.05, 4.69) is 10.6 Å². The van der Waals surface area contributed by atoms with Gasteiger partial charge in [-0.2, -0.15) is 0 Å². The first kappa shape index (κ1) is 15.2. The number of hydrogen-bond donors (Lipinski definition) is 2. The second-order valence-electron chi connectivity index (χ2n) is 5.02. The van der Waals surface area contributed by atoms with Gasteiger partial charge in [0.05, 0.1) is 6.04 Å². The number of para-hydroxylation sites is 1. The van der Waals surface area contributed by atoms with Gasteiger partial charge in [-0.25, -0.2) is 4.39 Å². The molecule has 0 aliphatic heterocycles. The minimum Gasteiger partial charge on any atom is -0.325 e. The molecule has 0 spiro atoms. The standard InChI is InChI=1S/C17H19FN2O/c1-12(14-7-6-8-15(18)11-14)19-13(2)17(21)20-16-9-4-3-5-10-16/h3-13,19H,1-2H3,(H,20,21)/t12-,13?/m0/s1. The van der Waals surface area contributed by atoms with Crippen molar-refractivity contribution >= 4 is 11.6 Å². The second kappa shape index (κ2) is 6.99. The zero-order valence-electron chi connectivity index (χ0n) is 12.1. The van der Waals surface area contributed by atoms with Crippen LogP contribution >= 0.6 is 0 Å². The monoisotopic (exact) mass is 286 g/mol. The molecule has 0 bridgehead atoms. The third-order valence-corrected chi connectivity index (χ3v) is 3.28. The second-order valence-corrected chi connectivity index (χ2v) is 5.02. The molecule has 0 saturated heterocycles. The Bertz CT molecular complexity index is 601. The lowest BCUT2D eigenvalue weighted by Gasteiger charge is -2.20. The molecule has 4 heteroatoms. The number of amides is 1. The zero-order valence-corrected chi connectivity index (χ0v) is 12.1. The van der Waals surface area contributed by atoms with Crippen molar-refractivity contribution < 1.29 is 9.18 Å². The molecule has 2 aromatic rings. The highest BCUT2D eigenvalue weighted by molar-refractivity contribution is 5.94. The van der Waals surface area contributed by atoms with Crippen molar-refractivity contribution in [1.82, 2.24) is 5.32 Å². The Morgan fingerprint density at radius 2 is 1.76 bits per heavy atom. The van der Waals surface area contributed by atoms with Crippen LogP contribution in [0.25, 0.3) is 0 Å². The fourth-order valence-corrected chi connectivity index (χ4v) is 2.09. The van der Waals surface area contributed by atoms with E-state index < -0.39 is 0 Å². The minimum absolute atomic E-state index is 0.114. The van der Waals surface area contributed by atoms with Gasteiger partial charge in [-0.3, -0.25) is 10.1 Å². The lowest BCUT2D eigenvalue weighted by molar-refractivity contribution is -0.117. The summed E-state index contributed by atoms with van der Waals surface area (Å²) in [7, 11) is 0. The van der Waals surface area contributed by atoms with Crippen LogP contribution in [0.3, 0.4) is 0 Å². The predicted molar refractivity (Wildman–Crippen MR) is 82.5 cm³/mol. The molecule has 0 fully saturated rings. The van der Waals surface area contributed by atoms with Gasteiger partial charge in [-0.15, -0.1) is 0 Å². The van der Waals surface area contributed by atoms with Crippen molar-refractivity contribution in [3.63, 3.8) is 0 Å². The smallest absolute Gasteiger partial charge is 0.241 e. The molecule has 0 saturated carbocycles. The van der Waals surface area contributed by atoms with Crippen LogP contribution in [0, 0.1) is 5.82 Å². The van der Waals surface area contributed by atoms with Crippen LogP contribution in [-0.4, -0.2) is 11.9 Å². The Morgan fingerprint density at radius 3 is 2.43 bits per heavy atom. The minimum atomic E-state index is -0.386. The molecule has 21 heavy (non-hydrogen) atoms. The van der Waals surface area contributed by atoms with Crippen molar-refractivity contribution in [2.24, 2.45) is 0 Å². The summed E-state index contributed by atoms with van der Waals surface area (Å²) in [6.45, 7) is 3.69. The highest BCUT2D eigenvalue weighted by Gasteiger charge is 2.16. The van der Waals surface area contributed by atoms with Crippen LogP contribution in [0.15, 0.2) is 54.6 Å². The Hall–Kier alpha value is -2.20. The van der Waals surface area contributed by atoms with E-state index in [0.717, 1.165) is 11.3 Å². The topological polar surface area (TPSA) is 41.1 Å². The Labute approximate surface area is 124 Å². The zero-order chi connectivity index (χ0) is 15.2. The van der Waals surface area contributed by atoms with Gasteiger partial charge >= 0.3 is 0 Å².